The fourth-order valence-corrected chi connectivity index (χ4v) is 3.70. The van der Waals surface area contributed by atoms with Gasteiger partial charge in [-0.2, -0.15) is 4.31 Å². The molecule has 0 atom stereocenters. The zero-order chi connectivity index (χ0) is 14.0. The van der Waals surface area contributed by atoms with E-state index in [0.717, 1.165) is 13.1 Å². The number of nitrogens with zero attached hydrogens (tertiary/aromatic N) is 2. The summed E-state index contributed by atoms with van der Waals surface area (Å²) in [4.78, 5) is 2.83. The van der Waals surface area contributed by atoms with Crippen LogP contribution in [0, 0.1) is 0 Å². The van der Waals surface area contributed by atoms with Gasteiger partial charge in [0.1, 0.15) is 0 Å². The fourth-order valence-electron chi connectivity index (χ4n) is 2.23. The van der Waals surface area contributed by atoms with Crippen molar-refractivity contribution in [2.24, 2.45) is 0 Å². The van der Waals surface area contributed by atoms with Crippen molar-refractivity contribution in [3.8, 4) is 0 Å². The van der Waals surface area contributed by atoms with Crippen LogP contribution in [0.2, 0.25) is 0 Å². The van der Waals surface area contributed by atoms with Crippen molar-refractivity contribution >= 4 is 10.8 Å². The van der Waals surface area contributed by atoms with Crippen LogP contribution in [0.15, 0.2) is 29.2 Å². The molecular weight excluding hydrogens is 260 g/mol. The van der Waals surface area contributed by atoms with Crippen LogP contribution in [0.1, 0.15) is 25.3 Å². The van der Waals surface area contributed by atoms with E-state index in [1.165, 1.54) is 5.56 Å². The summed E-state index contributed by atoms with van der Waals surface area (Å²) in [6.45, 7) is 7.41. The molecule has 2 rings (SSSR count). The molecule has 0 amide bonds. The zero-order valence-electron chi connectivity index (χ0n) is 11.9. The first kappa shape index (κ1) is 14.8. The van der Waals surface area contributed by atoms with Crippen LogP contribution in [-0.4, -0.2) is 51.5 Å². The maximum atomic E-state index is 10.5. The molecule has 4 nitrogen and oxygen atoms in total. The van der Waals surface area contributed by atoms with Crippen molar-refractivity contribution in [2.75, 3.05) is 33.2 Å². The lowest BCUT2D eigenvalue weighted by Crippen LogP contribution is -2.45. The lowest BCUT2D eigenvalue weighted by molar-refractivity contribution is 0.208. The quantitative estimate of drug-likeness (QED) is 0.895. The monoisotopic (exact) mass is 284 g/mol. The van der Waals surface area contributed by atoms with E-state index in [1.807, 2.05) is 24.3 Å². The largest absolute Gasteiger partial charge is 0.304 e. The molecule has 1 aromatic carbocycles. The molecule has 19 heavy (non-hydrogen) atoms. The number of benzene rings is 1. The summed E-state index contributed by atoms with van der Waals surface area (Å²) in [5.41, 5.74) is 1.22. The van der Waals surface area contributed by atoms with E-state index in [1.54, 1.807) is 4.31 Å². The third-order valence-electron chi connectivity index (χ3n) is 3.69. The molecule has 1 fully saturated rings. The normalized spacial score (nSPS) is 19.9. The van der Waals surface area contributed by atoms with E-state index < -0.39 is 10.8 Å². The maximum absolute atomic E-state index is 10.5. The number of piperazine rings is 1. The molecule has 1 aliphatic rings. The Bertz CT molecular complexity index is 412. The number of likely N-dealkylation sites (N-methyl/N-ethyl adjacent to an activating group) is 1. The van der Waals surface area contributed by atoms with Crippen molar-refractivity contribution < 1.29 is 9.11 Å². The molecule has 1 aliphatic heterocycles. The fraction of sp³-hybridized carbons (Fsp3) is 0.571. The zero-order valence-corrected chi connectivity index (χ0v) is 12.7. The van der Waals surface area contributed by atoms with Crippen molar-refractivity contribution in [3.63, 3.8) is 0 Å². The number of hydrogen-bond donors (Lipinski definition) is 2. The number of hydrogen-bond acceptors (Lipinski definition) is 4. The predicted octanol–water partition coefficient (Wildman–Crippen LogP) is 3.08. The van der Waals surface area contributed by atoms with E-state index in [2.05, 4.69) is 25.8 Å². The summed E-state index contributed by atoms with van der Waals surface area (Å²) in [6, 6.07) is 7.68. The SMILES string of the molecule is CC(C)c1ccc(S(O)(O)N2CCN(C)CC2)cc1. The van der Waals surface area contributed by atoms with Crippen LogP contribution in [0.3, 0.4) is 0 Å². The molecule has 0 bridgehead atoms. The van der Waals surface area contributed by atoms with Gasteiger partial charge in [0.05, 0.1) is 4.90 Å². The molecule has 1 saturated heterocycles. The topological polar surface area (TPSA) is 46.9 Å². The van der Waals surface area contributed by atoms with Gasteiger partial charge in [-0.25, -0.2) is 0 Å². The highest BCUT2D eigenvalue weighted by Crippen LogP contribution is 2.51. The van der Waals surface area contributed by atoms with E-state index in [0.29, 0.717) is 23.9 Å². The third-order valence-corrected chi connectivity index (χ3v) is 5.68. The summed E-state index contributed by atoms with van der Waals surface area (Å²) in [5.74, 6) is 0.458. The van der Waals surface area contributed by atoms with Crippen LogP contribution in [0.25, 0.3) is 0 Å². The first-order chi connectivity index (χ1) is 8.91. The van der Waals surface area contributed by atoms with Gasteiger partial charge in [-0.15, -0.1) is 10.8 Å². The predicted molar refractivity (Wildman–Crippen MR) is 80.7 cm³/mol. The van der Waals surface area contributed by atoms with Crippen LogP contribution in [-0.2, 0) is 0 Å². The molecule has 0 aliphatic carbocycles. The van der Waals surface area contributed by atoms with Gasteiger partial charge >= 0.3 is 0 Å². The first-order valence-electron chi connectivity index (χ1n) is 6.73. The van der Waals surface area contributed by atoms with Crippen LogP contribution in [0.4, 0.5) is 0 Å². The molecule has 0 spiro atoms. The Kier molecular flexibility index (Phi) is 4.53. The Morgan fingerprint density at radius 1 is 1.00 bits per heavy atom. The van der Waals surface area contributed by atoms with Gasteiger partial charge in [0, 0.05) is 26.2 Å². The summed E-state index contributed by atoms with van der Waals surface area (Å²) >= 11 is 0. The highest BCUT2D eigenvalue weighted by molar-refractivity contribution is 8.22. The molecule has 0 unspecified atom stereocenters. The minimum absolute atomic E-state index is 0.458. The van der Waals surface area contributed by atoms with Gasteiger partial charge in [-0.1, -0.05) is 26.0 Å². The molecule has 1 heterocycles. The number of rotatable bonds is 3. The Hall–Kier alpha value is -0.590. The van der Waals surface area contributed by atoms with E-state index >= 15 is 0 Å². The highest BCUT2D eigenvalue weighted by atomic mass is 32.3. The van der Waals surface area contributed by atoms with Gasteiger partial charge in [0.2, 0.25) is 0 Å². The van der Waals surface area contributed by atoms with Crippen molar-refractivity contribution in [2.45, 2.75) is 24.7 Å². The van der Waals surface area contributed by atoms with Gasteiger partial charge in [-0.05, 0) is 30.7 Å². The van der Waals surface area contributed by atoms with Gasteiger partial charge < -0.3 is 4.90 Å². The average Bonchev–Trinajstić information content (AvgIpc) is 2.39. The maximum Gasteiger partial charge on any atom is 0.0752 e. The minimum Gasteiger partial charge on any atom is -0.304 e. The van der Waals surface area contributed by atoms with E-state index in [4.69, 9.17) is 0 Å². The molecular formula is C14H24N2O2S. The van der Waals surface area contributed by atoms with Crippen LogP contribution in [0.5, 0.6) is 0 Å². The van der Waals surface area contributed by atoms with Crippen molar-refractivity contribution in [1.82, 2.24) is 9.21 Å². The lowest BCUT2D eigenvalue weighted by Gasteiger charge is -2.46. The summed E-state index contributed by atoms with van der Waals surface area (Å²) in [6.07, 6.45) is 0. The third kappa shape index (κ3) is 3.30. The molecule has 1 aromatic rings. The standard InChI is InChI=1S/C14H24N2O2S/c1-12(2)13-4-6-14(7-5-13)19(17,18)16-10-8-15(3)9-11-16/h4-7,12,17-18H,8-11H2,1-3H3. The molecule has 5 heteroatoms. The molecule has 0 saturated carbocycles. The van der Waals surface area contributed by atoms with Gasteiger partial charge in [0.25, 0.3) is 0 Å². The summed E-state index contributed by atoms with van der Waals surface area (Å²) in [5, 5.41) is 0. The Morgan fingerprint density at radius 3 is 2.00 bits per heavy atom. The van der Waals surface area contributed by atoms with E-state index in [-0.39, 0.29) is 0 Å². The molecule has 0 aromatic heterocycles. The smallest absolute Gasteiger partial charge is 0.0752 e. The van der Waals surface area contributed by atoms with Crippen LogP contribution >= 0.6 is 10.8 Å². The van der Waals surface area contributed by atoms with Crippen molar-refractivity contribution in [3.05, 3.63) is 29.8 Å². The Balaban J connectivity index is 2.14. The van der Waals surface area contributed by atoms with Gasteiger partial charge in [-0.3, -0.25) is 9.11 Å². The summed E-state index contributed by atoms with van der Waals surface area (Å²) in [7, 11) is -0.765. The molecule has 0 radical (unpaired) electrons. The second-order valence-corrected chi connectivity index (χ2v) is 7.50. The Morgan fingerprint density at radius 2 is 1.53 bits per heavy atom. The van der Waals surface area contributed by atoms with E-state index in [9.17, 15) is 9.11 Å². The lowest BCUT2D eigenvalue weighted by atomic mass is 10.0. The second kappa shape index (κ2) is 5.81. The van der Waals surface area contributed by atoms with Gasteiger partial charge in [0.15, 0.2) is 0 Å². The summed E-state index contributed by atoms with van der Waals surface area (Å²) < 4.78 is 22.7. The highest BCUT2D eigenvalue weighted by Gasteiger charge is 2.27. The second-order valence-electron chi connectivity index (χ2n) is 5.47. The first-order valence-corrected chi connectivity index (χ1v) is 8.23. The average molecular weight is 284 g/mol. The Labute approximate surface area is 117 Å². The van der Waals surface area contributed by atoms with Crippen molar-refractivity contribution in [1.29, 1.82) is 0 Å². The van der Waals surface area contributed by atoms with Crippen LogP contribution < -0.4 is 0 Å². The minimum atomic E-state index is -2.82. The molecule has 108 valence electrons. The molecule has 2 N–H and O–H groups in total.